The molecule has 1 atom stereocenters. The van der Waals surface area contributed by atoms with Crippen molar-refractivity contribution in [2.45, 2.75) is 6.04 Å². The summed E-state index contributed by atoms with van der Waals surface area (Å²) in [7, 11) is -1.87. The quantitative estimate of drug-likeness (QED) is 0.495. The fourth-order valence-electron chi connectivity index (χ4n) is 3.74. The number of aromatic amines is 1. The molecule has 0 aliphatic carbocycles. The fraction of sp³-hybridized carbons (Fsp3) is 0.174. The van der Waals surface area contributed by atoms with Crippen LogP contribution in [0.4, 0.5) is 4.39 Å². The minimum absolute atomic E-state index is 0.249. The summed E-state index contributed by atoms with van der Waals surface area (Å²) < 4.78 is 45.1. The predicted octanol–water partition coefficient (Wildman–Crippen LogP) is 3.78. The lowest BCUT2D eigenvalue weighted by atomic mass is 10.0. The van der Waals surface area contributed by atoms with E-state index in [0.29, 0.717) is 33.5 Å². The van der Waals surface area contributed by atoms with Crippen LogP contribution in [0.15, 0.2) is 71.5 Å². The number of methoxy groups -OCH3 is 1. The average Bonchev–Trinajstić information content (AvgIpc) is 3.06. The van der Waals surface area contributed by atoms with Crippen LogP contribution in [-0.4, -0.2) is 37.1 Å². The zero-order valence-electron chi connectivity index (χ0n) is 17.0. The van der Waals surface area contributed by atoms with Gasteiger partial charge in [-0.2, -0.15) is 0 Å². The maximum Gasteiger partial charge on any atom is 0.327 e. The first-order chi connectivity index (χ1) is 14.8. The molecule has 0 saturated heterocycles. The highest BCUT2D eigenvalue weighted by Gasteiger charge is 2.24. The Labute approximate surface area is 178 Å². The molecule has 0 fully saturated rings. The van der Waals surface area contributed by atoms with Crippen LogP contribution in [-0.2, 0) is 9.84 Å². The third-order valence-corrected chi connectivity index (χ3v) is 6.10. The van der Waals surface area contributed by atoms with Gasteiger partial charge in [-0.3, -0.25) is 4.57 Å². The Hall–Kier alpha value is -3.39. The van der Waals surface area contributed by atoms with Gasteiger partial charge in [0, 0.05) is 11.8 Å². The minimum atomic E-state index is -3.41. The van der Waals surface area contributed by atoms with Crippen molar-refractivity contribution < 1.29 is 17.5 Å². The van der Waals surface area contributed by atoms with Crippen LogP contribution in [0.25, 0.3) is 22.2 Å². The van der Waals surface area contributed by atoms with Crippen LogP contribution in [0, 0.1) is 5.82 Å². The maximum atomic E-state index is 14.2. The molecule has 0 radical (unpaired) electrons. The molecule has 6 nitrogen and oxygen atoms in total. The van der Waals surface area contributed by atoms with Crippen molar-refractivity contribution in [3.8, 4) is 16.9 Å². The van der Waals surface area contributed by atoms with Gasteiger partial charge in [-0.15, -0.1) is 0 Å². The molecule has 31 heavy (non-hydrogen) atoms. The summed E-state index contributed by atoms with van der Waals surface area (Å²) in [5.74, 6) is 0.0146. The molecule has 8 heteroatoms. The summed E-state index contributed by atoms with van der Waals surface area (Å²) in [6.45, 7) is 0. The third kappa shape index (κ3) is 4.25. The maximum absolute atomic E-state index is 14.2. The second kappa shape index (κ2) is 8.03. The summed E-state index contributed by atoms with van der Waals surface area (Å²) in [4.78, 5) is 15.7. The van der Waals surface area contributed by atoms with E-state index in [4.69, 9.17) is 4.74 Å². The number of aromatic nitrogens is 2. The largest absolute Gasteiger partial charge is 0.497 e. The molecule has 0 amide bonds. The molecule has 160 valence electrons. The lowest BCUT2D eigenvalue weighted by Gasteiger charge is -2.19. The van der Waals surface area contributed by atoms with Crippen LogP contribution < -0.4 is 10.4 Å². The van der Waals surface area contributed by atoms with Crippen molar-refractivity contribution >= 4 is 20.9 Å². The summed E-state index contributed by atoms with van der Waals surface area (Å²) in [5, 5.41) is 0. The van der Waals surface area contributed by atoms with E-state index in [1.54, 1.807) is 67.8 Å². The molecule has 3 aromatic carbocycles. The van der Waals surface area contributed by atoms with E-state index in [2.05, 4.69) is 4.98 Å². The molecular weight excluding hydrogens is 419 g/mol. The predicted molar refractivity (Wildman–Crippen MR) is 119 cm³/mol. The second-order valence-corrected chi connectivity index (χ2v) is 9.58. The highest BCUT2D eigenvalue weighted by molar-refractivity contribution is 7.90. The Kier molecular flexibility index (Phi) is 5.41. The molecule has 0 saturated carbocycles. The van der Waals surface area contributed by atoms with Crippen molar-refractivity contribution in [3.05, 3.63) is 88.6 Å². The first kappa shape index (κ1) is 20.9. The van der Waals surface area contributed by atoms with Crippen LogP contribution in [0.2, 0.25) is 0 Å². The van der Waals surface area contributed by atoms with Gasteiger partial charge in [-0.1, -0.05) is 36.4 Å². The van der Waals surface area contributed by atoms with Gasteiger partial charge in [-0.25, -0.2) is 17.6 Å². The Balaban J connectivity index is 1.87. The van der Waals surface area contributed by atoms with E-state index >= 15 is 0 Å². The number of hydrogen-bond donors (Lipinski definition) is 1. The Morgan fingerprint density at radius 2 is 1.77 bits per heavy atom. The molecule has 0 aliphatic rings. The van der Waals surface area contributed by atoms with Crippen LogP contribution >= 0.6 is 0 Å². The first-order valence-electron chi connectivity index (χ1n) is 9.57. The average molecular weight is 440 g/mol. The molecule has 0 aliphatic heterocycles. The topological polar surface area (TPSA) is 81.2 Å². The Morgan fingerprint density at radius 3 is 2.42 bits per heavy atom. The van der Waals surface area contributed by atoms with E-state index < -0.39 is 21.6 Å². The summed E-state index contributed by atoms with van der Waals surface area (Å²) in [6, 6.07) is 17.7. The van der Waals surface area contributed by atoms with Gasteiger partial charge in [0.25, 0.3) is 0 Å². The van der Waals surface area contributed by atoms with Crippen molar-refractivity contribution in [3.63, 3.8) is 0 Å². The van der Waals surface area contributed by atoms with E-state index in [1.165, 1.54) is 10.6 Å². The number of rotatable bonds is 6. The van der Waals surface area contributed by atoms with E-state index in [1.807, 2.05) is 0 Å². The number of hydrogen-bond acceptors (Lipinski definition) is 4. The lowest BCUT2D eigenvalue weighted by Crippen LogP contribution is -2.28. The molecule has 1 heterocycles. The fourth-order valence-corrected chi connectivity index (χ4v) is 4.65. The van der Waals surface area contributed by atoms with Gasteiger partial charge in [0.1, 0.15) is 21.4 Å². The van der Waals surface area contributed by atoms with Crippen molar-refractivity contribution in [1.29, 1.82) is 0 Å². The number of nitrogens with zero attached hydrogens (tertiary/aromatic N) is 1. The SMILES string of the molecule is COc1ccc([C@H](CS(C)(=O)=O)n2c(=O)[nH]c3cc(-c4ccccc4F)ccc32)cc1. The zero-order chi connectivity index (χ0) is 22.2. The number of ether oxygens (including phenoxy) is 1. The number of fused-ring (bicyclic) bond motifs is 1. The third-order valence-electron chi connectivity index (χ3n) is 5.17. The van der Waals surface area contributed by atoms with Crippen molar-refractivity contribution in [2.75, 3.05) is 19.1 Å². The molecule has 4 aromatic rings. The number of H-pyrrole nitrogens is 1. The number of halogens is 1. The molecule has 1 aromatic heterocycles. The molecule has 0 spiro atoms. The number of nitrogens with one attached hydrogen (secondary N) is 1. The van der Waals surface area contributed by atoms with E-state index in [-0.39, 0.29) is 11.6 Å². The summed E-state index contributed by atoms with van der Waals surface area (Å²) in [5.41, 5.74) is 2.29. The second-order valence-electron chi connectivity index (χ2n) is 7.39. The number of imidazole rings is 1. The van der Waals surface area contributed by atoms with Gasteiger partial charge in [0.15, 0.2) is 0 Å². The van der Waals surface area contributed by atoms with Crippen molar-refractivity contribution in [2.24, 2.45) is 0 Å². The monoisotopic (exact) mass is 440 g/mol. The number of sulfone groups is 1. The normalized spacial score (nSPS) is 12.7. The molecule has 0 bridgehead atoms. The molecule has 4 rings (SSSR count). The smallest absolute Gasteiger partial charge is 0.327 e. The molecular formula is C23H21FN2O4S. The number of benzene rings is 3. The van der Waals surface area contributed by atoms with Crippen LogP contribution in [0.3, 0.4) is 0 Å². The van der Waals surface area contributed by atoms with Crippen LogP contribution in [0.5, 0.6) is 5.75 Å². The molecule has 0 unspecified atom stereocenters. The van der Waals surface area contributed by atoms with Gasteiger partial charge in [-0.05, 0) is 41.5 Å². The molecule has 1 N–H and O–H groups in total. The standard InChI is InChI=1S/C23H21FN2O4S/c1-30-17-10-7-15(8-11-17)22(14-31(2,28)29)26-21-12-9-16(13-20(21)25-23(26)27)18-5-3-4-6-19(18)24/h3-13,22H,14H2,1-2H3,(H,25,27)/t22-/m0/s1. The van der Waals surface area contributed by atoms with E-state index in [9.17, 15) is 17.6 Å². The van der Waals surface area contributed by atoms with Crippen LogP contribution in [0.1, 0.15) is 11.6 Å². The van der Waals surface area contributed by atoms with Gasteiger partial charge in [0.05, 0.1) is 29.9 Å². The van der Waals surface area contributed by atoms with E-state index in [0.717, 1.165) is 6.26 Å². The van der Waals surface area contributed by atoms with Gasteiger partial charge < -0.3 is 9.72 Å². The van der Waals surface area contributed by atoms with Crippen molar-refractivity contribution in [1.82, 2.24) is 9.55 Å². The highest BCUT2D eigenvalue weighted by Crippen LogP contribution is 2.29. The zero-order valence-corrected chi connectivity index (χ0v) is 17.8. The van der Waals surface area contributed by atoms with Gasteiger partial charge >= 0.3 is 5.69 Å². The Bertz CT molecular complexity index is 1410. The minimum Gasteiger partial charge on any atom is -0.497 e. The highest BCUT2D eigenvalue weighted by atomic mass is 32.2. The summed E-state index contributed by atoms with van der Waals surface area (Å²) >= 11 is 0. The first-order valence-corrected chi connectivity index (χ1v) is 11.6. The lowest BCUT2D eigenvalue weighted by molar-refractivity contribution is 0.414. The van der Waals surface area contributed by atoms with Gasteiger partial charge in [0.2, 0.25) is 0 Å². The Morgan fingerprint density at radius 1 is 1.06 bits per heavy atom. The summed E-state index contributed by atoms with van der Waals surface area (Å²) in [6.07, 6.45) is 1.14.